The van der Waals surface area contributed by atoms with Crippen molar-refractivity contribution < 1.29 is 0 Å². The van der Waals surface area contributed by atoms with Gasteiger partial charge in [-0.3, -0.25) is 0 Å². The van der Waals surface area contributed by atoms with Crippen molar-refractivity contribution in [3.63, 3.8) is 0 Å². The Balaban J connectivity index is 2.56. The standard InChI is InChI=1S/C15H14ClNS/c1-11-8-9-12(2)14(10-11)15(17-18-16)13-6-4-3-5-7-13/h3-10H,1-2H3/b17-15+. The van der Waals surface area contributed by atoms with Gasteiger partial charge in [0, 0.05) is 11.1 Å². The second-order valence-electron chi connectivity index (χ2n) is 4.19. The Kier molecular flexibility index (Phi) is 4.45. The molecule has 0 saturated carbocycles. The second kappa shape index (κ2) is 6.07. The fourth-order valence-electron chi connectivity index (χ4n) is 1.88. The van der Waals surface area contributed by atoms with Crippen LogP contribution in [0.15, 0.2) is 52.9 Å². The molecule has 3 heteroatoms. The molecule has 0 aliphatic heterocycles. The second-order valence-corrected chi connectivity index (χ2v) is 4.93. The first-order valence-electron chi connectivity index (χ1n) is 5.71. The van der Waals surface area contributed by atoms with E-state index in [0.29, 0.717) is 0 Å². The van der Waals surface area contributed by atoms with E-state index in [4.69, 9.17) is 10.7 Å². The molecule has 0 saturated heterocycles. The summed E-state index contributed by atoms with van der Waals surface area (Å²) in [4.78, 5) is 0. The lowest BCUT2D eigenvalue weighted by atomic mass is 9.97. The molecule has 0 aliphatic carbocycles. The summed E-state index contributed by atoms with van der Waals surface area (Å²) in [6.45, 7) is 4.17. The van der Waals surface area contributed by atoms with Crippen molar-refractivity contribution in [3.8, 4) is 0 Å². The summed E-state index contributed by atoms with van der Waals surface area (Å²) >= 11 is 0.974. The van der Waals surface area contributed by atoms with Crippen LogP contribution < -0.4 is 0 Å². The third kappa shape index (κ3) is 2.95. The maximum Gasteiger partial charge on any atom is 0.0874 e. The number of hydrogen-bond acceptors (Lipinski definition) is 2. The van der Waals surface area contributed by atoms with Gasteiger partial charge < -0.3 is 0 Å². The van der Waals surface area contributed by atoms with Crippen LogP contribution in [-0.2, 0) is 0 Å². The quantitative estimate of drug-likeness (QED) is 0.571. The molecule has 0 spiro atoms. The zero-order valence-corrected chi connectivity index (χ0v) is 11.9. The third-order valence-corrected chi connectivity index (χ3v) is 3.28. The maximum atomic E-state index is 5.72. The van der Waals surface area contributed by atoms with Crippen LogP contribution in [0, 0.1) is 13.8 Å². The molecule has 0 bridgehead atoms. The minimum atomic E-state index is 0.928. The van der Waals surface area contributed by atoms with Gasteiger partial charge in [-0.25, -0.2) is 0 Å². The average molecular weight is 276 g/mol. The van der Waals surface area contributed by atoms with Gasteiger partial charge >= 0.3 is 0 Å². The Labute approximate surface area is 117 Å². The van der Waals surface area contributed by atoms with Gasteiger partial charge in [-0.2, -0.15) is 4.40 Å². The highest BCUT2D eigenvalue weighted by Gasteiger charge is 2.09. The SMILES string of the molecule is Cc1ccc(C)c(/C(=N/SCl)c2ccccc2)c1. The zero-order valence-electron chi connectivity index (χ0n) is 10.4. The minimum Gasteiger partial charge on any atom is -0.199 e. The van der Waals surface area contributed by atoms with E-state index in [-0.39, 0.29) is 0 Å². The van der Waals surface area contributed by atoms with Crippen molar-refractivity contribution in [1.29, 1.82) is 0 Å². The van der Waals surface area contributed by atoms with E-state index < -0.39 is 0 Å². The van der Waals surface area contributed by atoms with E-state index in [2.05, 4.69) is 36.4 Å². The molecule has 0 aromatic heterocycles. The lowest BCUT2D eigenvalue weighted by molar-refractivity contribution is 1.37. The van der Waals surface area contributed by atoms with Crippen molar-refractivity contribution in [2.75, 3.05) is 0 Å². The molecule has 0 fully saturated rings. The van der Waals surface area contributed by atoms with Gasteiger partial charge in [0.1, 0.15) is 0 Å². The lowest BCUT2D eigenvalue weighted by Crippen LogP contribution is -2.05. The minimum absolute atomic E-state index is 0.928. The molecular formula is C15H14ClNS. The molecule has 1 nitrogen and oxygen atoms in total. The van der Waals surface area contributed by atoms with Crippen molar-refractivity contribution in [2.45, 2.75) is 13.8 Å². The highest BCUT2D eigenvalue weighted by Crippen LogP contribution is 2.20. The van der Waals surface area contributed by atoms with Crippen molar-refractivity contribution in [2.24, 2.45) is 4.40 Å². The number of aryl methyl sites for hydroxylation is 2. The number of rotatable bonds is 3. The first-order chi connectivity index (χ1) is 8.72. The van der Waals surface area contributed by atoms with E-state index in [1.807, 2.05) is 30.3 Å². The van der Waals surface area contributed by atoms with Crippen LogP contribution in [-0.4, -0.2) is 5.71 Å². The lowest BCUT2D eigenvalue weighted by Gasteiger charge is -2.10. The molecule has 0 unspecified atom stereocenters. The van der Waals surface area contributed by atoms with Crippen molar-refractivity contribution >= 4 is 27.6 Å². The Morgan fingerprint density at radius 2 is 1.78 bits per heavy atom. The molecule has 0 radical (unpaired) electrons. The predicted molar refractivity (Wildman–Crippen MR) is 81.4 cm³/mol. The fraction of sp³-hybridized carbons (Fsp3) is 0.133. The number of nitrogens with zero attached hydrogens (tertiary/aromatic N) is 1. The van der Waals surface area contributed by atoms with Crippen LogP contribution >= 0.6 is 21.8 Å². The molecule has 0 atom stereocenters. The average Bonchev–Trinajstić information content (AvgIpc) is 2.40. The summed E-state index contributed by atoms with van der Waals surface area (Å²) in [5, 5.41) is 0. The molecule has 2 aromatic rings. The van der Waals surface area contributed by atoms with E-state index in [1.54, 1.807) is 0 Å². The van der Waals surface area contributed by atoms with E-state index >= 15 is 0 Å². The Morgan fingerprint density at radius 3 is 2.44 bits per heavy atom. The largest absolute Gasteiger partial charge is 0.199 e. The zero-order chi connectivity index (χ0) is 13.0. The topological polar surface area (TPSA) is 12.4 Å². The third-order valence-electron chi connectivity index (χ3n) is 2.82. The normalized spacial score (nSPS) is 11.6. The molecule has 2 rings (SSSR count). The van der Waals surface area contributed by atoms with Crippen LogP contribution in [0.4, 0.5) is 0 Å². The fourth-order valence-corrected chi connectivity index (χ4v) is 2.36. The van der Waals surface area contributed by atoms with E-state index in [1.165, 1.54) is 11.1 Å². The summed E-state index contributed by atoms with van der Waals surface area (Å²) in [5.74, 6) is 0. The Hall–Kier alpha value is -1.25. The summed E-state index contributed by atoms with van der Waals surface area (Å²) in [5.41, 5.74) is 5.57. The molecule has 92 valence electrons. The predicted octanol–water partition coefficient (Wildman–Crippen LogP) is 4.94. The number of halogens is 1. The molecule has 0 aliphatic rings. The maximum absolute atomic E-state index is 5.72. The highest BCUT2D eigenvalue weighted by molar-refractivity contribution is 8.20. The Bertz CT molecular complexity index is 564. The first kappa shape index (κ1) is 13.2. The summed E-state index contributed by atoms with van der Waals surface area (Å²) in [7, 11) is 5.72. The van der Waals surface area contributed by atoms with Crippen LogP contribution in [0.3, 0.4) is 0 Å². The monoisotopic (exact) mass is 275 g/mol. The van der Waals surface area contributed by atoms with Gasteiger partial charge in [0.2, 0.25) is 0 Å². The first-order valence-corrected chi connectivity index (χ1v) is 7.31. The van der Waals surface area contributed by atoms with Gasteiger partial charge in [-0.15, -0.1) is 0 Å². The van der Waals surface area contributed by atoms with Gasteiger partial charge in [0.05, 0.1) is 16.9 Å². The van der Waals surface area contributed by atoms with E-state index in [9.17, 15) is 0 Å². The molecule has 18 heavy (non-hydrogen) atoms. The molecule has 0 heterocycles. The molecular weight excluding hydrogens is 262 g/mol. The van der Waals surface area contributed by atoms with Crippen LogP contribution in [0.5, 0.6) is 0 Å². The summed E-state index contributed by atoms with van der Waals surface area (Å²) in [6, 6.07) is 16.5. The molecule has 0 N–H and O–H groups in total. The highest BCUT2D eigenvalue weighted by atomic mass is 35.7. The van der Waals surface area contributed by atoms with Gasteiger partial charge in [0.25, 0.3) is 0 Å². The van der Waals surface area contributed by atoms with Crippen molar-refractivity contribution in [3.05, 3.63) is 70.8 Å². The smallest absolute Gasteiger partial charge is 0.0874 e. The molecule has 2 aromatic carbocycles. The summed E-state index contributed by atoms with van der Waals surface area (Å²) < 4.78 is 4.37. The van der Waals surface area contributed by atoms with Gasteiger partial charge in [-0.1, -0.05) is 48.0 Å². The van der Waals surface area contributed by atoms with Crippen LogP contribution in [0.1, 0.15) is 22.3 Å². The van der Waals surface area contributed by atoms with Gasteiger partial charge in [0.15, 0.2) is 0 Å². The van der Waals surface area contributed by atoms with Crippen LogP contribution in [0.25, 0.3) is 0 Å². The molecule has 0 amide bonds. The van der Waals surface area contributed by atoms with Crippen LogP contribution in [0.2, 0.25) is 0 Å². The van der Waals surface area contributed by atoms with Crippen molar-refractivity contribution in [1.82, 2.24) is 0 Å². The van der Waals surface area contributed by atoms with Gasteiger partial charge in [-0.05, 0) is 36.2 Å². The van der Waals surface area contributed by atoms with E-state index in [0.717, 1.165) is 28.0 Å². The summed E-state index contributed by atoms with van der Waals surface area (Å²) in [6.07, 6.45) is 0. The Morgan fingerprint density at radius 1 is 1.06 bits per heavy atom. The number of hydrogen-bond donors (Lipinski definition) is 0. The number of benzene rings is 2.